The fourth-order valence-electron chi connectivity index (χ4n) is 3.40. The predicted octanol–water partition coefficient (Wildman–Crippen LogP) is 6.97. The minimum absolute atomic E-state index is 0.0385. The van der Waals surface area contributed by atoms with Crippen molar-refractivity contribution in [2.45, 2.75) is 32.7 Å². The van der Waals surface area contributed by atoms with Crippen molar-refractivity contribution in [3.05, 3.63) is 86.6 Å². The maximum atomic E-state index is 13.3. The summed E-state index contributed by atoms with van der Waals surface area (Å²) in [5, 5.41) is 12.5. The minimum atomic E-state index is -5.00. The molecule has 178 valence electrons. The van der Waals surface area contributed by atoms with Gasteiger partial charge in [0.15, 0.2) is 0 Å². The Balaban J connectivity index is 2.10. The van der Waals surface area contributed by atoms with Crippen molar-refractivity contribution in [3.8, 4) is 6.07 Å². The van der Waals surface area contributed by atoms with Crippen LogP contribution in [0.4, 0.5) is 32.2 Å². The lowest BCUT2D eigenvalue weighted by Gasteiger charge is -2.17. The molecule has 3 aromatic rings. The molecule has 0 saturated heterocycles. The molecule has 0 aliphatic rings. The van der Waals surface area contributed by atoms with E-state index in [4.69, 9.17) is 11.6 Å². The van der Waals surface area contributed by atoms with Gasteiger partial charge in [0.2, 0.25) is 0 Å². The summed E-state index contributed by atoms with van der Waals surface area (Å²) < 4.78 is 80.9. The van der Waals surface area contributed by atoms with Crippen molar-refractivity contribution >= 4 is 23.3 Å². The van der Waals surface area contributed by atoms with Gasteiger partial charge in [0.1, 0.15) is 11.9 Å². The zero-order valence-corrected chi connectivity index (χ0v) is 18.5. The Hall–Kier alpha value is -3.45. The number of hydrogen-bond acceptors (Lipinski definition) is 2. The number of anilines is 1. The Morgan fingerprint density at radius 1 is 1.00 bits per heavy atom. The molecule has 0 aliphatic heterocycles. The standard InChI is InChI=1S/C23H16ClF6N3O/c1-12-13(2)33(11-14-7-16(22(25,26)27)9-17(8-14)23(28,29)30)20(19(12)10-31)32-21(34)15-3-5-18(24)6-4-15/h3-9H,11H2,1-2H3,(H,32,34). The van der Waals surface area contributed by atoms with Gasteiger partial charge in [-0.25, -0.2) is 0 Å². The van der Waals surface area contributed by atoms with E-state index in [9.17, 15) is 36.4 Å². The van der Waals surface area contributed by atoms with E-state index in [1.807, 2.05) is 6.07 Å². The number of nitrogens with zero attached hydrogens (tertiary/aromatic N) is 2. The monoisotopic (exact) mass is 499 g/mol. The molecule has 2 aromatic carbocycles. The highest BCUT2D eigenvalue weighted by atomic mass is 35.5. The molecule has 0 unspecified atom stereocenters. The number of benzene rings is 2. The smallest absolute Gasteiger partial charge is 0.326 e. The SMILES string of the molecule is Cc1c(C#N)c(NC(=O)c2ccc(Cl)cc2)n(Cc2cc(C(F)(F)F)cc(C(F)(F)F)c2)c1C. The molecule has 1 amide bonds. The van der Waals surface area contributed by atoms with Crippen LogP contribution in [-0.4, -0.2) is 10.5 Å². The van der Waals surface area contributed by atoms with Crippen molar-refractivity contribution in [1.29, 1.82) is 5.26 Å². The Labute approximate surface area is 195 Å². The van der Waals surface area contributed by atoms with Crippen molar-refractivity contribution in [2.75, 3.05) is 5.32 Å². The largest absolute Gasteiger partial charge is 0.416 e. The molecule has 0 fully saturated rings. The van der Waals surface area contributed by atoms with E-state index in [0.29, 0.717) is 28.4 Å². The van der Waals surface area contributed by atoms with E-state index in [2.05, 4.69) is 5.32 Å². The average molecular weight is 500 g/mol. The van der Waals surface area contributed by atoms with E-state index >= 15 is 0 Å². The number of carbonyl (C=O) groups excluding carboxylic acids is 1. The molecule has 0 bridgehead atoms. The van der Waals surface area contributed by atoms with Gasteiger partial charge in [0.05, 0.1) is 16.7 Å². The molecule has 11 heteroatoms. The predicted molar refractivity (Wildman–Crippen MR) is 114 cm³/mol. The molecular formula is C23H16ClF6N3O. The number of nitriles is 1. The number of alkyl halides is 6. The molecular weight excluding hydrogens is 484 g/mol. The molecule has 34 heavy (non-hydrogen) atoms. The van der Waals surface area contributed by atoms with Gasteiger partial charge in [-0.15, -0.1) is 0 Å². The van der Waals surface area contributed by atoms with Gasteiger partial charge in [-0.3, -0.25) is 4.79 Å². The summed E-state index contributed by atoms with van der Waals surface area (Å²) in [6.07, 6.45) is -10.00. The first-order valence-electron chi connectivity index (χ1n) is 9.67. The highest BCUT2D eigenvalue weighted by molar-refractivity contribution is 6.30. The molecule has 4 nitrogen and oxygen atoms in total. The van der Waals surface area contributed by atoms with Crippen LogP contribution in [0.5, 0.6) is 0 Å². The number of halogens is 7. The van der Waals surface area contributed by atoms with Crippen molar-refractivity contribution in [2.24, 2.45) is 0 Å². The summed E-state index contributed by atoms with van der Waals surface area (Å²) in [5.41, 5.74) is -2.15. The minimum Gasteiger partial charge on any atom is -0.326 e. The van der Waals surface area contributed by atoms with Gasteiger partial charge in [-0.1, -0.05) is 11.6 Å². The quantitative estimate of drug-likeness (QED) is 0.394. The Bertz CT molecular complexity index is 1250. The zero-order chi connectivity index (χ0) is 25.4. The second kappa shape index (κ2) is 9.06. The summed E-state index contributed by atoms with van der Waals surface area (Å²) >= 11 is 5.81. The lowest BCUT2D eigenvalue weighted by molar-refractivity contribution is -0.143. The highest BCUT2D eigenvalue weighted by Gasteiger charge is 2.37. The fourth-order valence-corrected chi connectivity index (χ4v) is 3.53. The Morgan fingerprint density at radius 3 is 2.00 bits per heavy atom. The molecule has 0 atom stereocenters. The van der Waals surface area contributed by atoms with Crippen molar-refractivity contribution in [1.82, 2.24) is 4.57 Å². The molecule has 0 aliphatic carbocycles. The van der Waals surface area contributed by atoms with E-state index in [1.54, 1.807) is 13.8 Å². The van der Waals surface area contributed by atoms with Crippen molar-refractivity contribution < 1.29 is 31.1 Å². The molecule has 0 saturated carbocycles. The number of nitrogens with one attached hydrogen (secondary N) is 1. The maximum Gasteiger partial charge on any atom is 0.416 e. The average Bonchev–Trinajstić information content (AvgIpc) is 2.96. The maximum absolute atomic E-state index is 13.3. The van der Waals surface area contributed by atoms with E-state index in [1.165, 1.54) is 28.8 Å². The van der Waals surface area contributed by atoms with E-state index < -0.39 is 35.9 Å². The van der Waals surface area contributed by atoms with Crippen LogP contribution < -0.4 is 5.32 Å². The first-order valence-corrected chi connectivity index (χ1v) is 10.0. The van der Waals surface area contributed by atoms with Gasteiger partial charge in [0, 0.05) is 22.8 Å². The van der Waals surface area contributed by atoms with Crippen LogP contribution in [0.1, 0.15) is 43.9 Å². The van der Waals surface area contributed by atoms with Crippen LogP contribution in [0.25, 0.3) is 0 Å². The second-order valence-corrected chi connectivity index (χ2v) is 7.94. The lowest BCUT2D eigenvalue weighted by Crippen LogP contribution is -2.17. The second-order valence-electron chi connectivity index (χ2n) is 7.51. The van der Waals surface area contributed by atoms with Gasteiger partial charge < -0.3 is 9.88 Å². The molecule has 1 heterocycles. The number of amides is 1. The molecule has 0 spiro atoms. The van der Waals surface area contributed by atoms with Crippen LogP contribution in [-0.2, 0) is 18.9 Å². The fraction of sp³-hybridized carbons (Fsp3) is 0.217. The summed E-state index contributed by atoms with van der Waals surface area (Å²) in [5.74, 6) is -0.671. The number of hydrogen-bond donors (Lipinski definition) is 1. The summed E-state index contributed by atoms with van der Waals surface area (Å²) in [6, 6.07) is 9.00. The Morgan fingerprint density at radius 2 is 1.53 bits per heavy atom. The third-order valence-corrected chi connectivity index (χ3v) is 5.52. The lowest BCUT2D eigenvalue weighted by atomic mass is 10.0. The summed E-state index contributed by atoms with van der Waals surface area (Å²) in [6.45, 7) is 2.67. The topological polar surface area (TPSA) is 57.8 Å². The van der Waals surface area contributed by atoms with Gasteiger partial charge >= 0.3 is 12.4 Å². The summed E-state index contributed by atoms with van der Waals surface area (Å²) in [4.78, 5) is 12.7. The van der Waals surface area contributed by atoms with Gasteiger partial charge in [0.25, 0.3) is 5.91 Å². The normalized spacial score (nSPS) is 11.9. The first kappa shape index (κ1) is 25.2. The van der Waals surface area contributed by atoms with Crippen LogP contribution in [0, 0.1) is 25.2 Å². The Kier molecular flexibility index (Phi) is 6.71. The summed E-state index contributed by atoms with van der Waals surface area (Å²) in [7, 11) is 0. The van der Waals surface area contributed by atoms with E-state index in [0.717, 1.165) is 0 Å². The van der Waals surface area contributed by atoms with E-state index in [-0.39, 0.29) is 28.6 Å². The van der Waals surface area contributed by atoms with Crippen LogP contribution in [0.15, 0.2) is 42.5 Å². The van der Waals surface area contributed by atoms with Crippen LogP contribution >= 0.6 is 11.6 Å². The molecule has 1 aromatic heterocycles. The molecule has 0 radical (unpaired) electrons. The zero-order valence-electron chi connectivity index (χ0n) is 17.7. The number of carbonyl (C=O) groups is 1. The highest BCUT2D eigenvalue weighted by Crippen LogP contribution is 2.37. The van der Waals surface area contributed by atoms with Gasteiger partial charge in [-0.05, 0) is 67.4 Å². The number of aromatic nitrogens is 1. The third-order valence-electron chi connectivity index (χ3n) is 5.27. The third kappa shape index (κ3) is 5.20. The first-order chi connectivity index (χ1) is 15.7. The van der Waals surface area contributed by atoms with Crippen LogP contribution in [0.2, 0.25) is 5.02 Å². The molecule has 1 N–H and O–H groups in total. The molecule has 3 rings (SSSR count). The van der Waals surface area contributed by atoms with Crippen molar-refractivity contribution in [3.63, 3.8) is 0 Å². The number of rotatable bonds is 4. The van der Waals surface area contributed by atoms with Crippen LogP contribution in [0.3, 0.4) is 0 Å². The van der Waals surface area contributed by atoms with Gasteiger partial charge in [-0.2, -0.15) is 31.6 Å².